The Kier molecular flexibility index (Phi) is 4.58. The van der Waals surface area contributed by atoms with Crippen LogP contribution in [0.2, 0.25) is 0 Å². The number of hydrogen-bond donors (Lipinski definition) is 1. The Bertz CT molecular complexity index is 480. The molecule has 2 atom stereocenters. The number of aromatic amines is 1. The first-order valence-electron chi connectivity index (χ1n) is 8.13. The number of nitrogens with one attached hydrogen (secondary N) is 1. The number of nitrogens with zero attached hydrogens (tertiary/aromatic N) is 2. The minimum Gasteiger partial charge on any atom is -0.378 e. The van der Waals surface area contributed by atoms with Gasteiger partial charge in [0.05, 0.1) is 11.8 Å². The molecule has 0 bridgehead atoms. The highest BCUT2D eigenvalue weighted by molar-refractivity contribution is 5.76. The number of H-pyrrole nitrogens is 1. The fraction of sp³-hybridized carbons (Fsp3) is 0.750. The summed E-state index contributed by atoms with van der Waals surface area (Å²) in [5.41, 5.74) is 2.19. The van der Waals surface area contributed by atoms with Crippen LogP contribution in [0, 0.1) is 6.92 Å². The quantitative estimate of drug-likeness (QED) is 0.926. The highest BCUT2D eigenvalue weighted by Gasteiger charge is 2.26. The lowest BCUT2D eigenvalue weighted by Gasteiger charge is -2.32. The predicted molar refractivity (Wildman–Crippen MR) is 80.1 cm³/mol. The second-order valence-corrected chi connectivity index (χ2v) is 6.33. The summed E-state index contributed by atoms with van der Waals surface area (Å²) in [6.45, 7) is 4.59. The highest BCUT2D eigenvalue weighted by Crippen LogP contribution is 2.27. The fourth-order valence-corrected chi connectivity index (χ4v) is 3.41. The van der Waals surface area contributed by atoms with E-state index in [1.54, 1.807) is 0 Å². The molecule has 1 aromatic rings. The van der Waals surface area contributed by atoms with Crippen molar-refractivity contribution < 1.29 is 9.53 Å². The van der Waals surface area contributed by atoms with Gasteiger partial charge in [-0.25, -0.2) is 0 Å². The number of rotatable bonds is 4. The number of aromatic nitrogens is 2. The van der Waals surface area contributed by atoms with Gasteiger partial charge in [0.15, 0.2) is 0 Å². The Balaban J connectivity index is 1.51. The molecule has 1 aromatic heterocycles. The molecule has 3 rings (SSSR count). The minimum absolute atomic E-state index is 0.280. The Morgan fingerprint density at radius 1 is 1.48 bits per heavy atom. The first-order chi connectivity index (χ1) is 10.2. The summed E-state index contributed by atoms with van der Waals surface area (Å²) in [6, 6.07) is 2.10. The third kappa shape index (κ3) is 3.64. The van der Waals surface area contributed by atoms with Crippen LogP contribution in [0.3, 0.4) is 0 Å². The van der Waals surface area contributed by atoms with Crippen LogP contribution >= 0.6 is 0 Å². The topological polar surface area (TPSA) is 58.2 Å². The Morgan fingerprint density at radius 2 is 2.38 bits per heavy atom. The van der Waals surface area contributed by atoms with Gasteiger partial charge >= 0.3 is 0 Å². The maximum Gasteiger partial charge on any atom is 0.222 e. The number of carbonyl (C=O) groups is 1. The molecule has 5 nitrogen and oxygen atoms in total. The van der Waals surface area contributed by atoms with Crippen molar-refractivity contribution in [3.63, 3.8) is 0 Å². The van der Waals surface area contributed by atoms with Crippen molar-refractivity contribution in [2.45, 2.75) is 57.5 Å². The molecule has 116 valence electrons. The lowest BCUT2D eigenvalue weighted by atomic mass is 9.94. The molecule has 2 saturated heterocycles. The Morgan fingerprint density at radius 3 is 3.10 bits per heavy atom. The van der Waals surface area contributed by atoms with E-state index >= 15 is 0 Å². The van der Waals surface area contributed by atoms with Crippen LogP contribution in [0.4, 0.5) is 0 Å². The van der Waals surface area contributed by atoms with E-state index in [4.69, 9.17) is 4.74 Å². The molecule has 2 fully saturated rings. The molecule has 2 aliphatic rings. The fourth-order valence-electron chi connectivity index (χ4n) is 3.41. The van der Waals surface area contributed by atoms with E-state index in [9.17, 15) is 4.79 Å². The van der Waals surface area contributed by atoms with E-state index in [2.05, 4.69) is 16.3 Å². The molecule has 0 saturated carbocycles. The van der Waals surface area contributed by atoms with Crippen LogP contribution in [-0.4, -0.2) is 46.8 Å². The molecule has 0 aliphatic carbocycles. The average Bonchev–Trinajstić information content (AvgIpc) is 3.16. The smallest absolute Gasteiger partial charge is 0.222 e. The van der Waals surface area contributed by atoms with Gasteiger partial charge in [-0.15, -0.1) is 0 Å². The number of ether oxygens (including phenoxy) is 1. The Labute approximate surface area is 126 Å². The second kappa shape index (κ2) is 6.60. The summed E-state index contributed by atoms with van der Waals surface area (Å²) in [4.78, 5) is 14.4. The van der Waals surface area contributed by atoms with Gasteiger partial charge in [0.2, 0.25) is 5.91 Å². The van der Waals surface area contributed by atoms with Crippen LogP contribution in [0.5, 0.6) is 0 Å². The van der Waals surface area contributed by atoms with Crippen molar-refractivity contribution in [3.8, 4) is 0 Å². The summed E-state index contributed by atoms with van der Waals surface area (Å²) in [5, 5.41) is 7.36. The summed E-state index contributed by atoms with van der Waals surface area (Å²) in [5.74, 6) is 0.665. The molecule has 0 aromatic carbocycles. The SMILES string of the molecule is Cc1cc([C@@H]2CCCN(C(=O)CC[C@@H]3CCCO3)C2)n[nH]1. The van der Waals surface area contributed by atoms with Crippen molar-refractivity contribution in [3.05, 3.63) is 17.5 Å². The monoisotopic (exact) mass is 291 g/mol. The van der Waals surface area contributed by atoms with Gasteiger partial charge in [0, 0.05) is 37.7 Å². The molecule has 2 aliphatic heterocycles. The maximum atomic E-state index is 12.4. The molecule has 0 unspecified atom stereocenters. The van der Waals surface area contributed by atoms with Gasteiger partial charge in [-0.1, -0.05) is 0 Å². The zero-order valence-corrected chi connectivity index (χ0v) is 12.8. The largest absolute Gasteiger partial charge is 0.378 e. The number of carbonyl (C=O) groups excluding carboxylic acids is 1. The van der Waals surface area contributed by atoms with Gasteiger partial charge in [0.1, 0.15) is 0 Å². The summed E-state index contributed by atoms with van der Waals surface area (Å²) in [7, 11) is 0. The molecule has 5 heteroatoms. The second-order valence-electron chi connectivity index (χ2n) is 6.33. The average molecular weight is 291 g/mol. The van der Waals surface area contributed by atoms with Gasteiger partial charge in [0.25, 0.3) is 0 Å². The molecule has 1 N–H and O–H groups in total. The Hall–Kier alpha value is -1.36. The zero-order chi connectivity index (χ0) is 14.7. The van der Waals surface area contributed by atoms with E-state index in [-0.39, 0.29) is 5.91 Å². The lowest BCUT2D eigenvalue weighted by Crippen LogP contribution is -2.39. The first-order valence-corrected chi connectivity index (χ1v) is 8.13. The van der Waals surface area contributed by atoms with Crippen LogP contribution < -0.4 is 0 Å². The van der Waals surface area contributed by atoms with Crippen molar-refractivity contribution in [1.29, 1.82) is 0 Å². The van der Waals surface area contributed by atoms with Gasteiger partial charge in [-0.2, -0.15) is 5.10 Å². The number of piperidine rings is 1. The summed E-state index contributed by atoms with van der Waals surface area (Å²) in [6.07, 6.45) is 6.26. The minimum atomic E-state index is 0.280. The molecular formula is C16H25N3O2. The number of hydrogen-bond acceptors (Lipinski definition) is 3. The van der Waals surface area contributed by atoms with E-state index in [1.807, 2.05) is 11.8 Å². The highest BCUT2D eigenvalue weighted by atomic mass is 16.5. The van der Waals surface area contributed by atoms with E-state index in [0.29, 0.717) is 18.4 Å². The van der Waals surface area contributed by atoms with Crippen molar-refractivity contribution in [2.75, 3.05) is 19.7 Å². The molecular weight excluding hydrogens is 266 g/mol. The standard InChI is InChI=1S/C16H25N3O2/c1-12-10-15(18-17-12)13-4-2-8-19(11-13)16(20)7-6-14-5-3-9-21-14/h10,13-14H,2-9,11H2,1H3,(H,17,18)/t13-,14+/m1/s1. The van der Waals surface area contributed by atoms with Gasteiger partial charge < -0.3 is 9.64 Å². The molecule has 0 spiro atoms. The van der Waals surface area contributed by atoms with E-state index in [0.717, 1.165) is 63.2 Å². The predicted octanol–water partition coefficient (Wildman–Crippen LogP) is 2.38. The lowest BCUT2D eigenvalue weighted by molar-refractivity contribution is -0.133. The normalized spacial score (nSPS) is 26.2. The molecule has 3 heterocycles. The van der Waals surface area contributed by atoms with Crippen LogP contribution in [-0.2, 0) is 9.53 Å². The molecule has 21 heavy (non-hydrogen) atoms. The van der Waals surface area contributed by atoms with Crippen molar-refractivity contribution in [1.82, 2.24) is 15.1 Å². The van der Waals surface area contributed by atoms with Crippen molar-refractivity contribution >= 4 is 5.91 Å². The van der Waals surface area contributed by atoms with E-state index < -0.39 is 0 Å². The number of likely N-dealkylation sites (tertiary alicyclic amines) is 1. The molecule has 1 amide bonds. The zero-order valence-electron chi connectivity index (χ0n) is 12.8. The number of amides is 1. The number of aryl methyl sites for hydroxylation is 1. The maximum absolute atomic E-state index is 12.4. The van der Waals surface area contributed by atoms with Crippen LogP contribution in [0.15, 0.2) is 6.07 Å². The summed E-state index contributed by atoms with van der Waals surface area (Å²) < 4.78 is 5.60. The molecule has 0 radical (unpaired) electrons. The van der Waals surface area contributed by atoms with Gasteiger partial charge in [-0.3, -0.25) is 9.89 Å². The summed E-state index contributed by atoms with van der Waals surface area (Å²) >= 11 is 0. The van der Waals surface area contributed by atoms with Crippen LogP contribution in [0.25, 0.3) is 0 Å². The van der Waals surface area contributed by atoms with Crippen LogP contribution in [0.1, 0.15) is 55.8 Å². The third-order valence-corrected chi connectivity index (χ3v) is 4.62. The third-order valence-electron chi connectivity index (χ3n) is 4.62. The first kappa shape index (κ1) is 14.6. The van der Waals surface area contributed by atoms with E-state index in [1.165, 1.54) is 0 Å². The van der Waals surface area contributed by atoms with Crippen molar-refractivity contribution in [2.24, 2.45) is 0 Å². The van der Waals surface area contributed by atoms with Gasteiger partial charge in [-0.05, 0) is 45.1 Å².